The predicted molar refractivity (Wildman–Crippen MR) is 146 cm³/mol. The number of ether oxygens (including phenoxy) is 6. The van der Waals surface area contributed by atoms with Gasteiger partial charge in [-0.2, -0.15) is 0 Å². The van der Waals surface area contributed by atoms with Crippen LogP contribution in [0.5, 0.6) is 0 Å². The fourth-order valence-electron chi connectivity index (χ4n) is 12.2. The number of allylic oxidation sites excluding steroid dienone is 1. The maximum atomic E-state index is 12.6. The summed E-state index contributed by atoms with van der Waals surface area (Å²) >= 11 is 0. The SMILES string of the molecule is CO[C@H]1O[C@]2(C[C@@H](C)[C@H]3[C@H](C[C@@]4(C)C5=C(C[C@@H](OC(C)=O)[C@]34C)C[C@@]34CC[C@@H](O3)C(C)(C)[C@@H]4CC5)O2)[C@@H]2O[C@]12C. The van der Waals surface area contributed by atoms with E-state index in [9.17, 15) is 4.79 Å². The van der Waals surface area contributed by atoms with Gasteiger partial charge in [-0.25, -0.2) is 0 Å². The largest absolute Gasteiger partial charge is 0.462 e. The number of carbonyl (C=O) groups excluding carboxylic acids is 1. The topological polar surface area (TPSA) is 75.8 Å². The van der Waals surface area contributed by atoms with Gasteiger partial charge in [0, 0.05) is 37.7 Å². The third-order valence-corrected chi connectivity index (χ3v) is 14.0. The molecule has 0 unspecified atom stereocenters. The zero-order chi connectivity index (χ0) is 28.3. The highest BCUT2D eigenvalue weighted by Crippen LogP contribution is 2.74. The predicted octanol–water partition coefficient (Wildman–Crippen LogP) is 5.69. The van der Waals surface area contributed by atoms with E-state index in [1.54, 1.807) is 19.6 Å². The van der Waals surface area contributed by atoms with Crippen molar-refractivity contribution in [3.05, 3.63) is 11.1 Å². The Morgan fingerprint density at radius 2 is 1.77 bits per heavy atom. The van der Waals surface area contributed by atoms with Crippen molar-refractivity contribution in [2.45, 2.75) is 148 Å². The number of hydrogen-bond donors (Lipinski definition) is 0. The molecule has 7 nitrogen and oxygen atoms in total. The van der Waals surface area contributed by atoms with Gasteiger partial charge in [0.2, 0.25) is 5.79 Å². The molecule has 0 aromatic heterocycles. The second-order valence-corrected chi connectivity index (χ2v) is 16.0. The van der Waals surface area contributed by atoms with Crippen molar-refractivity contribution >= 4 is 5.97 Å². The van der Waals surface area contributed by atoms with E-state index in [1.807, 2.05) is 0 Å². The summed E-state index contributed by atoms with van der Waals surface area (Å²) in [6.07, 6.45) is 7.72. The van der Waals surface area contributed by atoms with Crippen molar-refractivity contribution in [3.63, 3.8) is 0 Å². The number of methoxy groups -OCH3 is 1. The molecular formula is C33H48O7. The Labute approximate surface area is 239 Å². The maximum Gasteiger partial charge on any atom is 0.302 e. The minimum Gasteiger partial charge on any atom is -0.462 e. The number of rotatable bonds is 2. The van der Waals surface area contributed by atoms with E-state index in [2.05, 4.69) is 41.5 Å². The van der Waals surface area contributed by atoms with E-state index in [-0.39, 0.29) is 52.0 Å². The molecule has 5 saturated heterocycles. The first-order valence-electron chi connectivity index (χ1n) is 15.9. The molecule has 0 aromatic rings. The summed E-state index contributed by atoms with van der Waals surface area (Å²) < 4.78 is 38.8. The van der Waals surface area contributed by atoms with Crippen molar-refractivity contribution in [2.75, 3.05) is 7.11 Å². The number of carbonyl (C=O) groups is 1. The lowest BCUT2D eigenvalue weighted by molar-refractivity contribution is -0.349. The fourth-order valence-corrected chi connectivity index (χ4v) is 12.2. The minimum absolute atomic E-state index is 0.00261. The smallest absolute Gasteiger partial charge is 0.302 e. The molecule has 0 radical (unpaired) electrons. The van der Waals surface area contributed by atoms with Gasteiger partial charge in [0.05, 0.1) is 17.8 Å². The average molecular weight is 557 g/mol. The summed E-state index contributed by atoms with van der Waals surface area (Å²) in [7, 11) is 1.69. The monoisotopic (exact) mass is 556 g/mol. The summed E-state index contributed by atoms with van der Waals surface area (Å²) in [5, 5.41) is 0. The molecule has 13 atom stereocenters. The van der Waals surface area contributed by atoms with Crippen LogP contribution in [-0.2, 0) is 33.2 Å². The van der Waals surface area contributed by atoms with Crippen LogP contribution in [0.3, 0.4) is 0 Å². The lowest BCUT2D eigenvalue weighted by Gasteiger charge is -2.56. The number of fused-ring (bicyclic) bond motifs is 7. The van der Waals surface area contributed by atoms with Gasteiger partial charge in [-0.15, -0.1) is 0 Å². The first-order valence-corrected chi connectivity index (χ1v) is 15.9. The Bertz CT molecular complexity index is 1200. The molecule has 8 aliphatic rings. The molecular weight excluding hydrogens is 508 g/mol. The Hall–Kier alpha value is -0.990. The number of hydrogen-bond acceptors (Lipinski definition) is 7. The van der Waals surface area contributed by atoms with E-state index in [4.69, 9.17) is 28.4 Å². The van der Waals surface area contributed by atoms with E-state index >= 15 is 0 Å². The highest BCUT2D eigenvalue weighted by molar-refractivity contribution is 5.66. The molecule has 0 N–H and O–H groups in total. The fraction of sp³-hybridized carbons (Fsp3) is 0.909. The third kappa shape index (κ3) is 2.93. The van der Waals surface area contributed by atoms with Crippen LogP contribution in [-0.4, -0.2) is 60.8 Å². The molecule has 6 fully saturated rings. The van der Waals surface area contributed by atoms with Crippen molar-refractivity contribution in [2.24, 2.45) is 34.0 Å². The quantitative estimate of drug-likeness (QED) is 0.246. The van der Waals surface area contributed by atoms with Crippen LogP contribution in [0, 0.1) is 34.0 Å². The molecule has 1 saturated carbocycles. The summed E-state index contributed by atoms with van der Waals surface area (Å²) in [5.41, 5.74) is 2.44. The van der Waals surface area contributed by atoms with Gasteiger partial charge in [0.25, 0.3) is 0 Å². The standard InChI is InChI=1S/C33H48O7/c1-17-14-33(26-31(7,39-26)27(35-8)40-33)37-21-16-29(5)20-9-10-22-28(3,4)23-11-12-32(22,38-23)15-19(20)13-24(36-18(2)34)30(29,6)25(17)21/h17,21-27H,9-16H2,1-8H3/t17-,21+,22+,23-,24-,25+,26-,27+,29+,30-,31+,32-,33-/m1/s1. The minimum atomic E-state index is -0.777. The molecule has 3 aliphatic carbocycles. The lowest BCUT2D eigenvalue weighted by atomic mass is 9.51. The zero-order valence-corrected chi connectivity index (χ0v) is 25.6. The summed E-state index contributed by atoms with van der Waals surface area (Å²) in [6, 6.07) is 0. The van der Waals surface area contributed by atoms with Crippen LogP contribution in [0.15, 0.2) is 11.1 Å². The van der Waals surface area contributed by atoms with Crippen molar-refractivity contribution < 1.29 is 33.2 Å². The van der Waals surface area contributed by atoms with E-state index in [1.165, 1.54) is 12.0 Å². The Kier molecular flexibility index (Phi) is 5.15. The van der Waals surface area contributed by atoms with Crippen LogP contribution in [0.1, 0.15) is 99.8 Å². The van der Waals surface area contributed by atoms with E-state index < -0.39 is 17.7 Å². The van der Waals surface area contributed by atoms with E-state index in [0.29, 0.717) is 17.9 Å². The molecule has 0 aromatic carbocycles. The first-order chi connectivity index (χ1) is 18.7. The Balaban J connectivity index is 1.20. The summed E-state index contributed by atoms with van der Waals surface area (Å²) in [6.45, 7) is 15.7. The number of epoxide rings is 1. The summed E-state index contributed by atoms with van der Waals surface area (Å²) in [5.74, 6) is 0.171. The molecule has 40 heavy (non-hydrogen) atoms. The third-order valence-electron chi connectivity index (χ3n) is 14.0. The molecule has 5 heterocycles. The first kappa shape index (κ1) is 26.6. The van der Waals surface area contributed by atoms with Crippen LogP contribution < -0.4 is 0 Å². The summed E-state index contributed by atoms with van der Waals surface area (Å²) in [4.78, 5) is 12.6. The molecule has 2 spiro atoms. The van der Waals surface area contributed by atoms with Crippen molar-refractivity contribution in [1.29, 1.82) is 0 Å². The Morgan fingerprint density at radius 1 is 1.00 bits per heavy atom. The van der Waals surface area contributed by atoms with Crippen LogP contribution in [0.25, 0.3) is 0 Å². The highest BCUT2D eigenvalue weighted by atomic mass is 16.8. The van der Waals surface area contributed by atoms with Gasteiger partial charge in [-0.1, -0.05) is 45.8 Å². The van der Waals surface area contributed by atoms with Crippen molar-refractivity contribution in [1.82, 2.24) is 0 Å². The molecule has 8 rings (SSSR count). The second-order valence-electron chi connectivity index (χ2n) is 16.0. The van der Waals surface area contributed by atoms with Crippen LogP contribution in [0.4, 0.5) is 0 Å². The van der Waals surface area contributed by atoms with Crippen LogP contribution in [0.2, 0.25) is 0 Å². The molecule has 7 heteroatoms. The van der Waals surface area contributed by atoms with Gasteiger partial charge < -0.3 is 28.4 Å². The van der Waals surface area contributed by atoms with Gasteiger partial charge in [0.15, 0.2) is 6.29 Å². The number of esters is 1. The maximum absolute atomic E-state index is 12.6. The normalized spacial score (nSPS) is 58.6. The highest BCUT2D eigenvalue weighted by Gasteiger charge is 2.80. The van der Waals surface area contributed by atoms with E-state index in [0.717, 1.165) is 44.9 Å². The van der Waals surface area contributed by atoms with Crippen molar-refractivity contribution in [3.8, 4) is 0 Å². The second kappa shape index (κ2) is 7.74. The molecule has 222 valence electrons. The van der Waals surface area contributed by atoms with Crippen LogP contribution >= 0.6 is 0 Å². The molecule has 5 aliphatic heterocycles. The Morgan fingerprint density at radius 3 is 2.48 bits per heavy atom. The average Bonchev–Trinajstić information content (AvgIpc) is 3.13. The van der Waals surface area contributed by atoms with Gasteiger partial charge in [0.1, 0.15) is 17.8 Å². The van der Waals surface area contributed by atoms with Gasteiger partial charge >= 0.3 is 5.97 Å². The zero-order valence-electron chi connectivity index (χ0n) is 25.6. The van der Waals surface area contributed by atoms with Gasteiger partial charge in [-0.3, -0.25) is 4.79 Å². The molecule has 2 bridgehead atoms. The lowest BCUT2D eigenvalue weighted by Crippen LogP contribution is -2.58. The molecule has 0 amide bonds. The van der Waals surface area contributed by atoms with Gasteiger partial charge in [-0.05, 0) is 68.6 Å².